The van der Waals surface area contributed by atoms with E-state index < -0.39 is 0 Å². The van der Waals surface area contributed by atoms with Crippen LogP contribution in [0.3, 0.4) is 0 Å². The number of nitrogens with zero attached hydrogens (tertiary/aromatic N) is 3. The molecule has 0 aromatic carbocycles. The Hall–Kier alpha value is -2.15. The number of ether oxygens (including phenoxy) is 1. The van der Waals surface area contributed by atoms with E-state index in [1.54, 1.807) is 24.9 Å². The summed E-state index contributed by atoms with van der Waals surface area (Å²) in [7, 11) is 3.37. The fraction of sp³-hybridized carbons (Fsp3) is 0.417. The van der Waals surface area contributed by atoms with Crippen molar-refractivity contribution in [2.45, 2.75) is 6.92 Å². The predicted octanol–water partition coefficient (Wildman–Crippen LogP) is 0.235. The highest BCUT2D eigenvalue weighted by Crippen LogP contribution is 2.20. The normalized spacial score (nSPS) is 10.9. The van der Waals surface area contributed by atoms with Crippen molar-refractivity contribution in [1.82, 2.24) is 20.1 Å². The number of rotatable bonds is 4. The van der Waals surface area contributed by atoms with Crippen molar-refractivity contribution in [2.24, 2.45) is 7.05 Å². The molecule has 19 heavy (non-hydrogen) atoms. The Morgan fingerprint density at radius 3 is 3.00 bits per heavy atom. The van der Waals surface area contributed by atoms with Crippen LogP contribution in [0, 0.1) is 6.92 Å². The van der Waals surface area contributed by atoms with Crippen LogP contribution >= 0.6 is 0 Å². The summed E-state index contributed by atoms with van der Waals surface area (Å²) in [6.07, 6.45) is 0. The Morgan fingerprint density at radius 1 is 1.58 bits per heavy atom. The predicted molar refractivity (Wildman–Crippen MR) is 71.9 cm³/mol. The summed E-state index contributed by atoms with van der Waals surface area (Å²) in [4.78, 5) is 16.2. The van der Waals surface area contributed by atoms with Gasteiger partial charge in [-0.25, -0.2) is 4.98 Å². The van der Waals surface area contributed by atoms with Crippen LogP contribution in [0.1, 0.15) is 16.1 Å². The van der Waals surface area contributed by atoms with Gasteiger partial charge < -0.3 is 15.8 Å². The summed E-state index contributed by atoms with van der Waals surface area (Å²) in [5.74, 6) is -0.0578. The van der Waals surface area contributed by atoms with Gasteiger partial charge >= 0.3 is 0 Å². The molecule has 1 amide bonds. The fourth-order valence-electron chi connectivity index (χ4n) is 1.90. The van der Waals surface area contributed by atoms with E-state index in [2.05, 4.69) is 15.4 Å². The Balaban J connectivity index is 2.35. The lowest BCUT2D eigenvalue weighted by atomic mass is 10.2. The van der Waals surface area contributed by atoms with Crippen molar-refractivity contribution in [3.8, 4) is 0 Å². The second-order valence-corrected chi connectivity index (χ2v) is 4.25. The highest BCUT2D eigenvalue weighted by atomic mass is 16.5. The molecule has 2 aromatic heterocycles. The van der Waals surface area contributed by atoms with Crippen LogP contribution in [-0.2, 0) is 11.8 Å². The molecule has 3 N–H and O–H groups in total. The van der Waals surface area contributed by atoms with Crippen molar-refractivity contribution in [3.63, 3.8) is 0 Å². The van der Waals surface area contributed by atoms with E-state index in [0.29, 0.717) is 24.4 Å². The lowest BCUT2D eigenvalue weighted by Crippen LogP contribution is -2.27. The molecule has 102 valence electrons. The number of nitrogens with two attached hydrogens (primary N) is 1. The number of hydrogen-bond acceptors (Lipinski definition) is 5. The Morgan fingerprint density at radius 2 is 2.32 bits per heavy atom. The van der Waals surface area contributed by atoms with Gasteiger partial charge in [0, 0.05) is 26.1 Å². The van der Waals surface area contributed by atoms with E-state index in [9.17, 15) is 4.79 Å². The maximum atomic E-state index is 12.0. The number of carbonyl (C=O) groups excluding carboxylic acids is 1. The molecule has 0 unspecified atom stereocenters. The van der Waals surface area contributed by atoms with Gasteiger partial charge in [-0.15, -0.1) is 0 Å². The molecule has 0 aliphatic heterocycles. The van der Waals surface area contributed by atoms with E-state index in [1.165, 1.54) is 0 Å². The molecule has 0 radical (unpaired) electrons. The Bertz CT molecular complexity index is 620. The minimum absolute atomic E-state index is 0.199. The number of pyridine rings is 1. The van der Waals surface area contributed by atoms with Gasteiger partial charge in [0.2, 0.25) is 0 Å². The number of nitrogens with one attached hydrogen (secondary N) is 1. The first-order valence-electron chi connectivity index (χ1n) is 5.91. The lowest BCUT2D eigenvalue weighted by Gasteiger charge is -2.07. The minimum Gasteiger partial charge on any atom is -0.383 e. The number of methoxy groups -OCH3 is 1. The van der Waals surface area contributed by atoms with E-state index >= 15 is 0 Å². The average molecular weight is 263 g/mol. The van der Waals surface area contributed by atoms with Gasteiger partial charge in [0.1, 0.15) is 5.82 Å². The first-order valence-corrected chi connectivity index (χ1v) is 5.91. The SMILES string of the molecule is COCCNC(=O)c1cc2c(C)nn(C)c2nc1N. The third-order valence-electron chi connectivity index (χ3n) is 2.86. The first kappa shape index (κ1) is 13.3. The standard InChI is InChI=1S/C12H17N5O2/c1-7-8-6-9(12(18)14-4-5-19-3)10(13)15-11(8)17(2)16-7/h6H,4-5H2,1-3H3,(H2,13,15)(H,14,18). The van der Waals surface area contributed by atoms with Crippen LogP contribution in [0.2, 0.25) is 0 Å². The summed E-state index contributed by atoms with van der Waals surface area (Å²) in [6.45, 7) is 2.75. The summed E-state index contributed by atoms with van der Waals surface area (Å²) in [5.41, 5.74) is 7.67. The topological polar surface area (TPSA) is 95.1 Å². The van der Waals surface area contributed by atoms with E-state index in [-0.39, 0.29) is 11.7 Å². The molecule has 2 rings (SSSR count). The van der Waals surface area contributed by atoms with Gasteiger partial charge in [-0.05, 0) is 13.0 Å². The molecular weight excluding hydrogens is 246 g/mol. The second-order valence-electron chi connectivity index (χ2n) is 4.25. The molecule has 7 heteroatoms. The largest absolute Gasteiger partial charge is 0.383 e. The summed E-state index contributed by atoms with van der Waals surface area (Å²) in [5, 5.41) is 7.80. The maximum absolute atomic E-state index is 12.0. The number of amides is 1. The van der Waals surface area contributed by atoms with Gasteiger partial charge in [0.05, 0.1) is 17.9 Å². The molecule has 0 saturated heterocycles. The molecule has 0 fully saturated rings. The van der Waals surface area contributed by atoms with Gasteiger partial charge in [-0.1, -0.05) is 0 Å². The quantitative estimate of drug-likeness (QED) is 0.770. The number of aryl methyl sites for hydroxylation is 2. The molecule has 0 saturated carbocycles. The van der Waals surface area contributed by atoms with Crippen molar-refractivity contribution in [3.05, 3.63) is 17.3 Å². The number of hydrogen-bond donors (Lipinski definition) is 2. The lowest BCUT2D eigenvalue weighted by molar-refractivity contribution is 0.0938. The van der Waals surface area contributed by atoms with E-state index in [1.807, 2.05) is 6.92 Å². The molecule has 2 aromatic rings. The monoisotopic (exact) mass is 263 g/mol. The molecular formula is C12H17N5O2. The number of fused-ring (bicyclic) bond motifs is 1. The number of anilines is 1. The molecule has 0 aliphatic rings. The molecule has 7 nitrogen and oxygen atoms in total. The van der Waals surface area contributed by atoms with Crippen LogP contribution < -0.4 is 11.1 Å². The zero-order valence-electron chi connectivity index (χ0n) is 11.2. The Labute approximate surface area is 110 Å². The van der Waals surface area contributed by atoms with Crippen LogP contribution in [-0.4, -0.2) is 40.9 Å². The number of carbonyl (C=O) groups is 1. The van der Waals surface area contributed by atoms with Gasteiger partial charge in [-0.2, -0.15) is 5.10 Å². The van der Waals surface area contributed by atoms with Crippen LogP contribution in [0.5, 0.6) is 0 Å². The third kappa shape index (κ3) is 2.50. The van der Waals surface area contributed by atoms with Gasteiger partial charge in [-0.3, -0.25) is 9.48 Å². The van der Waals surface area contributed by atoms with Crippen molar-refractivity contribution < 1.29 is 9.53 Å². The maximum Gasteiger partial charge on any atom is 0.255 e. The second kappa shape index (κ2) is 5.23. The van der Waals surface area contributed by atoms with Crippen molar-refractivity contribution in [2.75, 3.05) is 26.0 Å². The number of nitrogen functional groups attached to an aromatic ring is 1. The van der Waals surface area contributed by atoms with Crippen LogP contribution in [0.4, 0.5) is 5.82 Å². The number of aromatic nitrogens is 3. The smallest absolute Gasteiger partial charge is 0.255 e. The highest BCUT2D eigenvalue weighted by molar-refractivity contribution is 6.01. The van der Waals surface area contributed by atoms with Crippen LogP contribution in [0.15, 0.2) is 6.07 Å². The zero-order chi connectivity index (χ0) is 14.0. The fourth-order valence-corrected chi connectivity index (χ4v) is 1.90. The summed E-state index contributed by atoms with van der Waals surface area (Å²) in [6, 6.07) is 1.72. The first-order chi connectivity index (χ1) is 9.04. The molecule has 0 spiro atoms. The third-order valence-corrected chi connectivity index (χ3v) is 2.86. The molecule has 0 bridgehead atoms. The van der Waals surface area contributed by atoms with E-state index in [0.717, 1.165) is 11.1 Å². The summed E-state index contributed by atoms with van der Waals surface area (Å²) >= 11 is 0. The van der Waals surface area contributed by atoms with Crippen molar-refractivity contribution >= 4 is 22.8 Å². The minimum atomic E-state index is -0.257. The molecule has 0 aliphatic carbocycles. The van der Waals surface area contributed by atoms with Gasteiger partial charge in [0.15, 0.2) is 5.65 Å². The average Bonchev–Trinajstić information content (AvgIpc) is 2.64. The van der Waals surface area contributed by atoms with Gasteiger partial charge in [0.25, 0.3) is 5.91 Å². The molecule has 0 atom stereocenters. The zero-order valence-corrected chi connectivity index (χ0v) is 11.2. The summed E-state index contributed by atoms with van der Waals surface area (Å²) < 4.78 is 6.52. The van der Waals surface area contributed by atoms with Crippen molar-refractivity contribution in [1.29, 1.82) is 0 Å². The molecule has 2 heterocycles. The van der Waals surface area contributed by atoms with E-state index in [4.69, 9.17) is 10.5 Å². The highest BCUT2D eigenvalue weighted by Gasteiger charge is 2.15. The van der Waals surface area contributed by atoms with Crippen LogP contribution in [0.25, 0.3) is 11.0 Å². The Kier molecular flexibility index (Phi) is 3.66.